The second kappa shape index (κ2) is 7.22. The van der Waals surface area contributed by atoms with Gasteiger partial charge in [-0.05, 0) is 67.6 Å². The van der Waals surface area contributed by atoms with E-state index in [0.717, 1.165) is 23.6 Å². The molecule has 146 valence electrons. The van der Waals surface area contributed by atoms with Crippen LogP contribution in [0.4, 0.5) is 0 Å². The number of nitrogens with one attached hydrogen (secondary N) is 1. The van der Waals surface area contributed by atoms with E-state index in [4.69, 9.17) is 4.74 Å². The van der Waals surface area contributed by atoms with Gasteiger partial charge in [0.15, 0.2) is 0 Å². The zero-order chi connectivity index (χ0) is 19.0. The van der Waals surface area contributed by atoms with Crippen LogP contribution in [-0.4, -0.2) is 40.5 Å². The molecule has 1 spiro atoms. The Balaban J connectivity index is 1.18. The molecular formula is C23H28N4O. The number of hydrogen-bond donors (Lipinski definition) is 1. The van der Waals surface area contributed by atoms with Crippen LogP contribution in [0.2, 0.25) is 0 Å². The van der Waals surface area contributed by atoms with Crippen molar-refractivity contribution in [1.82, 2.24) is 19.6 Å². The first-order valence-electron chi connectivity index (χ1n) is 10.3. The van der Waals surface area contributed by atoms with Crippen molar-refractivity contribution in [3.05, 3.63) is 65.6 Å². The summed E-state index contributed by atoms with van der Waals surface area (Å²) in [6, 6.07) is 12.7. The Morgan fingerprint density at radius 2 is 2.07 bits per heavy atom. The van der Waals surface area contributed by atoms with E-state index in [9.17, 15) is 0 Å². The molecule has 0 saturated carbocycles. The van der Waals surface area contributed by atoms with Crippen LogP contribution in [0.25, 0.3) is 5.65 Å². The van der Waals surface area contributed by atoms with Crippen molar-refractivity contribution in [2.45, 2.75) is 32.9 Å². The van der Waals surface area contributed by atoms with Gasteiger partial charge in [0.2, 0.25) is 0 Å². The minimum absolute atomic E-state index is 0.488. The molecule has 5 heteroatoms. The highest BCUT2D eigenvalue weighted by Crippen LogP contribution is 2.36. The number of likely N-dealkylation sites (tertiary alicyclic amines) is 1. The van der Waals surface area contributed by atoms with Crippen LogP contribution in [0.15, 0.2) is 48.8 Å². The number of fused-ring (bicyclic) bond motifs is 1. The second-order valence-electron chi connectivity index (χ2n) is 8.47. The maximum Gasteiger partial charge on any atom is 0.140 e. The first-order chi connectivity index (χ1) is 13.7. The van der Waals surface area contributed by atoms with Gasteiger partial charge in [-0.15, -0.1) is 0 Å². The van der Waals surface area contributed by atoms with Gasteiger partial charge in [0.1, 0.15) is 18.0 Å². The number of benzene rings is 1. The lowest BCUT2D eigenvalue weighted by Gasteiger charge is -2.22. The van der Waals surface area contributed by atoms with Crippen LogP contribution in [-0.2, 0) is 13.2 Å². The van der Waals surface area contributed by atoms with E-state index in [1.54, 1.807) is 0 Å². The third kappa shape index (κ3) is 3.52. The van der Waals surface area contributed by atoms with Gasteiger partial charge in [-0.2, -0.15) is 0 Å². The number of nitrogens with zero attached hydrogens (tertiary/aromatic N) is 3. The van der Waals surface area contributed by atoms with Crippen molar-refractivity contribution in [3.8, 4) is 5.75 Å². The molecule has 2 fully saturated rings. The van der Waals surface area contributed by atoms with Crippen LogP contribution in [0.3, 0.4) is 0 Å². The highest BCUT2D eigenvalue weighted by molar-refractivity contribution is 5.47. The molecule has 2 aromatic heterocycles. The number of ether oxygens (including phenoxy) is 1. The lowest BCUT2D eigenvalue weighted by atomic mass is 9.86. The summed E-state index contributed by atoms with van der Waals surface area (Å²) < 4.78 is 8.02. The maximum absolute atomic E-state index is 5.96. The zero-order valence-electron chi connectivity index (χ0n) is 16.5. The first kappa shape index (κ1) is 17.7. The largest absolute Gasteiger partial charge is 0.487 e. The summed E-state index contributed by atoms with van der Waals surface area (Å²) in [6.07, 6.45) is 6.73. The molecule has 28 heavy (non-hydrogen) atoms. The predicted octanol–water partition coefficient (Wildman–Crippen LogP) is 3.41. The van der Waals surface area contributed by atoms with E-state index in [0.29, 0.717) is 12.0 Å². The number of imidazole rings is 1. The molecule has 0 amide bonds. The monoisotopic (exact) mass is 376 g/mol. The lowest BCUT2D eigenvalue weighted by Crippen LogP contribution is -2.28. The Morgan fingerprint density at radius 1 is 1.18 bits per heavy atom. The minimum Gasteiger partial charge on any atom is -0.487 e. The SMILES string of the molecule is Cc1cccn2cc(COc3ccc(CN4CCC5(CCNC5)C4)cc3)nc12. The Morgan fingerprint density at radius 3 is 2.86 bits per heavy atom. The van der Waals surface area contributed by atoms with Crippen molar-refractivity contribution in [2.24, 2.45) is 5.41 Å². The van der Waals surface area contributed by atoms with Gasteiger partial charge in [-0.25, -0.2) is 4.98 Å². The van der Waals surface area contributed by atoms with E-state index in [1.807, 2.05) is 18.5 Å². The van der Waals surface area contributed by atoms with Crippen LogP contribution >= 0.6 is 0 Å². The molecule has 0 aliphatic carbocycles. The summed E-state index contributed by atoms with van der Waals surface area (Å²) in [5, 5.41) is 3.54. The number of pyridine rings is 1. The fraction of sp³-hybridized carbons (Fsp3) is 0.435. The average Bonchev–Trinajstić information content (AvgIpc) is 3.43. The first-order valence-corrected chi connectivity index (χ1v) is 10.3. The summed E-state index contributed by atoms with van der Waals surface area (Å²) in [5.41, 5.74) is 5.02. The van der Waals surface area contributed by atoms with Crippen LogP contribution in [0.1, 0.15) is 29.7 Å². The third-order valence-corrected chi connectivity index (χ3v) is 6.29. The Bertz CT molecular complexity index is 956. The van der Waals surface area contributed by atoms with Crippen molar-refractivity contribution in [2.75, 3.05) is 26.2 Å². The number of hydrogen-bond acceptors (Lipinski definition) is 4. The molecule has 2 aliphatic heterocycles. The lowest BCUT2D eigenvalue weighted by molar-refractivity contribution is 0.268. The van der Waals surface area contributed by atoms with E-state index < -0.39 is 0 Å². The van der Waals surface area contributed by atoms with E-state index >= 15 is 0 Å². The highest BCUT2D eigenvalue weighted by Gasteiger charge is 2.39. The zero-order valence-corrected chi connectivity index (χ0v) is 16.5. The molecule has 4 heterocycles. The van der Waals surface area contributed by atoms with Gasteiger partial charge in [0, 0.05) is 32.0 Å². The molecular weight excluding hydrogens is 348 g/mol. The standard InChI is InChI=1S/C23H28N4O/c1-18-3-2-11-27-14-20(25-22(18)27)15-28-21-6-4-19(5-7-21)13-26-12-9-23(17-26)8-10-24-16-23/h2-7,11,14,24H,8-10,12-13,15-17H2,1H3. The summed E-state index contributed by atoms with van der Waals surface area (Å²) >= 11 is 0. The van der Waals surface area contributed by atoms with Crippen LogP contribution < -0.4 is 10.1 Å². The molecule has 1 aromatic carbocycles. The molecule has 1 unspecified atom stereocenters. The van der Waals surface area contributed by atoms with Gasteiger partial charge in [-0.3, -0.25) is 4.90 Å². The fourth-order valence-corrected chi connectivity index (χ4v) is 4.69. The van der Waals surface area contributed by atoms with E-state index in [1.165, 1.54) is 50.1 Å². The third-order valence-electron chi connectivity index (χ3n) is 6.29. The van der Waals surface area contributed by atoms with Crippen LogP contribution in [0, 0.1) is 12.3 Å². The van der Waals surface area contributed by atoms with Gasteiger partial charge in [0.05, 0.1) is 5.69 Å². The van der Waals surface area contributed by atoms with Crippen molar-refractivity contribution < 1.29 is 4.74 Å². The molecule has 1 N–H and O–H groups in total. The molecule has 5 nitrogen and oxygen atoms in total. The number of aromatic nitrogens is 2. The van der Waals surface area contributed by atoms with Crippen molar-refractivity contribution in [1.29, 1.82) is 0 Å². The molecule has 1 atom stereocenters. The summed E-state index contributed by atoms with van der Waals surface area (Å²) in [5.74, 6) is 0.899. The Hall–Kier alpha value is -2.37. The fourth-order valence-electron chi connectivity index (χ4n) is 4.69. The summed E-state index contributed by atoms with van der Waals surface area (Å²) in [4.78, 5) is 7.27. The van der Waals surface area contributed by atoms with Gasteiger partial charge in [-0.1, -0.05) is 18.2 Å². The minimum atomic E-state index is 0.488. The second-order valence-corrected chi connectivity index (χ2v) is 8.47. The smallest absolute Gasteiger partial charge is 0.140 e. The van der Waals surface area contributed by atoms with Crippen LogP contribution in [0.5, 0.6) is 5.75 Å². The average molecular weight is 377 g/mol. The molecule has 0 bridgehead atoms. The van der Waals surface area contributed by atoms with E-state index in [-0.39, 0.29) is 0 Å². The van der Waals surface area contributed by atoms with E-state index in [2.05, 4.69) is 56.9 Å². The topological polar surface area (TPSA) is 41.8 Å². The van der Waals surface area contributed by atoms with Crippen molar-refractivity contribution >= 4 is 5.65 Å². The highest BCUT2D eigenvalue weighted by atomic mass is 16.5. The van der Waals surface area contributed by atoms with Gasteiger partial charge in [0.25, 0.3) is 0 Å². The molecule has 2 aliphatic rings. The van der Waals surface area contributed by atoms with Crippen molar-refractivity contribution in [3.63, 3.8) is 0 Å². The quantitative estimate of drug-likeness (QED) is 0.741. The summed E-state index contributed by atoms with van der Waals surface area (Å²) in [6.45, 7) is 8.43. The maximum atomic E-state index is 5.96. The molecule has 0 radical (unpaired) electrons. The number of rotatable bonds is 5. The number of aryl methyl sites for hydroxylation is 1. The summed E-state index contributed by atoms with van der Waals surface area (Å²) in [7, 11) is 0. The molecule has 5 rings (SSSR count). The molecule has 2 saturated heterocycles. The van der Waals surface area contributed by atoms with Gasteiger partial charge < -0.3 is 14.5 Å². The van der Waals surface area contributed by atoms with Gasteiger partial charge >= 0.3 is 0 Å². The Labute approximate surface area is 166 Å². The Kier molecular flexibility index (Phi) is 4.57. The molecule has 3 aromatic rings. The predicted molar refractivity (Wildman–Crippen MR) is 111 cm³/mol. The normalized spacial score (nSPS) is 22.5.